The van der Waals surface area contributed by atoms with Crippen LogP contribution in [0.1, 0.15) is 81.9 Å². The Labute approximate surface area is 197 Å². The average Bonchev–Trinajstić information content (AvgIpc) is 3.68. The van der Waals surface area contributed by atoms with Gasteiger partial charge in [0.2, 0.25) is 5.91 Å². The number of hydrogen-bond donors (Lipinski definition) is 3. The molecule has 1 aromatic rings. The van der Waals surface area contributed by atoms with Crippen molar-refractivity contribution in [1.29, 1.82) is 0 Å². The van der Waals surface area contributed by atoms with Gasteiger partial charge in [-0.15, -0.1) is 0 Å². The number of rotatable bonds is 12. The first-order valence-corrected chi connectivity index (χ1v) is 13.1. The number of carbonyl (C=O) groups is 2. The summed E-state index contributed by atoms with van der Waals surface area (Å²) in [5.74, 6) is 0.0787. The van der Waals surface area contributed by atoms with Gasteiger partial charge in [0.1, 0.15) is 11.9 Å². The number of nitrogens with one attached hydrogen (secondary N) is 2. The second-order valence-corrected chi connectivity index (χ2v) is 10.1. The van der Waals surface area contributed by atoms with E-state index in [1.807, 2.05) is 0 Å². The molecule has 1 amide bonds. The number of aliphatic carboxylic acids is 1. The Morgan fingerprint density at radius 1 is 1.09 bits per heavy atom. The van der Waals surface area contributed by atoms with Gasteiger partial charge in [0.25, 0.3) is 0 Å². The molecule has 2 heterocycles. The maximum atomic E-state index is 12.5. The van der Waals surface area contributed by atoms with Gasteiger partial charge in [-0.3, -0.25) is 4.79 Å². The number of pyridine rings is 1. The summed E-state index contributed by atoms with van der Waals surface area (Å²) in [6.45, 7) is 2.72. The van der Waals surface area contributed by atoms with Gasteiger partial charge in [0.05, 0.1) is 0 Å². The van der Waals surface area contributed by atoms with Crippen LogP contribution in [0.25, 0.3) is 0 Å². The minimum atomic E-state index is -0.915. The summed E-state index contributed by atoms with van der Waals surface area (Å²) < 4.78 is 0. The van der Waals surface area contributed by atoms with Crippen LogP contribution in [0.3, 0.4) is 0 Å². The van der Waals surface area contributed by atoms with E-state index in [4.69, 9.17) is 4.98 Å². The molecule has 0 radical (unpaired) electrons. The van der Waals surface area contributed by atoms with E-state index in [0.29, 0.717) is 12.5 Å². The van der Waals surface area contributed by atoms with Crippen LogP contribution < -0.4 is 10.6 Å². The van der Waals surface area contributed by atoms with E-state index in [0.717, 1.165) is 82.5 Å². The molecule has 1 aromatic heterocycles. The number of carboxylic acid groups (broad SMARTS) is 1. The summed E-state index contributed by atoms with van der Waals surface area (Å²) in [6.07, 6.45) is 13.4. The van der Waals surface area contributed by atoms with Gasteiger partial charge >= 0.3 is 5.97 Å². The van der Waals surface area contributed by atoms with Crippen LogP contribution in [0, 0.1) is 5.92 Å². The topological polar surface area (TPSA) is 94.6 Å². The van der Waals surface area contributed by atoms with Gasteiger partial charge in [-0.25, -0.2) is 9.78 Å². The molecule has 0 aromatic carbocycles. The van der Waals surface area contributed by atoms with Crippen molar-refractivity contribution in [2.75, 3.05) is 25.0 Å². The number of fused-ring (bicyclic) bond motifs is 1. The van der Waals surface area contributed by atoms with E-state index < -0.39 is 12.0 Å². The van der Waals surface area contributed by atoms with Crippen molar-refractivity contribution in [2.45, 2.75) is 95.6 Å². The fraction of sp³-hybridized carbons (Fsp3) is 0.731. The lowest BCUT2D eigenvalue weighted by molar-refractivity contribution is -0.143. The highest BCUT2D eigenvalue weighted by Gasteiger charge is 2.31. The van der Waals surface area contributed by atoms with E-state index in [-0.39, 0.29) is 11.8 Å². The molecule has 1 atom stereocenters. The van der Waals surface area contributed by atoms with Crippen LogP contribution in [0.2, 0.25) is 0 Å². The number of aryl methyl sites for hydroxylation is 2. The van der Waals surface area contributed by atoms with Gasteiger partial charge in [-0.2, -0.15) is 0 Å². The van der Waals surface area contributed by atoms with Crippen molar-refractivity contribution in [3.8, 4) is 0 Å². The molecule has 2 aliphatic carbocycles. The van der Waals surface area contributed by atoms with Crippen molar-refractivity contribution in [1.82, 2.24) is 15.2 Å². The van der Waals surface area contributed by atoms with Crippen molar-refractivity contribution >= 4 is 17.7 Å². The standard InChI is InChI=1S/C26H40N4O3/c31-25(20-7-2-1-3-8-20)29-23(26(32)33)15-18-30(22-13-14-22)17-5-4-10-21-12-11-19-9-6-16-27-24(19)28-21/h11-12,20,22-23H,1-10,13-18H2,(H,27,28)(H,29,31)(H,32,33). The normalized spacial score (nSPS) is 19.5. The molecule has 2 saturated carbocycles. The molecule has 33 heavy (non-hydrogen) atoms. The second kappa shape index (κ2) is 11.8. The van der Waals surface area contributed by atoms with E-state index in [1.54, 1.807) is 0 Å². The molecule has 0 bridgehead atoms. The molecule has 0 saturated heterocycles. The molecule has 182 valence electrons. The predicted molar refractivity (Wildman–Crippen MR) is 129 cm³/mol. The number of anilines is 1. The quantitative estimate of drug-likeness (QED) is 0.415. The van der Waals surface area contributed by atoms with Crippen LogP contribution in [0.5, 0.6) is 0 Å². The molecule has 7 nitrogen and oxygen atoms in total. The Morgan fingerprint density at radius 2 is 1.91 bits per heavy atom. The van der Waals surface area contributed by atoms with E-state index in [1.165, 1.54) is 31.2 Å². The first kappa shape index (κ1) is 24.0. The third-order valence-electron chi connectivity index (χ3n) is 7.44. The van der Waals surface area contributed by atoms with Crippen LogP contribution >= 0.6 is 0 Å². The Hall–Kier alpha value is -2.15. The fourth-order valence-corrected chi connectivity index (χ4v) is 5.25. The maximum Gasteiger partial charge on any atom is 0.326 e. The third-order valence-corrected chi connectivity index (χ3v) is 7.44. The SMILES string of the molecule is O=C(NC(CCN(CCCCc1ccc2c(n1)NCCC2)C1CC1)C(=O)O)C1CCCCC1. The number of aromatic nitrogens is 1. The Bertz CT molecular complexity index is 805. The van der Waals surface area contributed by atoms with Gasteiger partial charge in [-0.05, 0) is 82.4 Å². The third kappa shape index (κ3) is 7.16. The fourth-order valence-electron chi connectivity index (χ4n) is 5.25. The lowest BCUT2D eigenvalue weighted by atomic mass is 9.88. The molecule has 3 N–H and O–H groups in total. The summed E-state index contributed by atoms with van der Waals surface area (Å²) in [4.78, 5) is 31.6. The van der Waals surface area contributed by atoms with E-state index >= 15 is 0 Å². The molecule has 3 aliphatic rings. The zero-order chi connectivity index (χ0) is 23.0. The molecular weight excluding hydrogens is 416 g/mol. The van der Waals surface area contributed by atoms with E-state index in [9.17, 15) is 14.7 Å². The summed E-state index contributed by atoms with van der Waals surface area (Å²) in [7, 11) is 0. The summed E-state index contributed by atoms with van der Waals surface area (Å²) in [5.41, 5.74) is 2.48. The molecule has 1 unspecified atom stereocenters. The van der Waals surface area contributed by atoms with E-state index in [2.05, 4.69) is 27.7 Å². The maximum absolute atomic E-state index is 12.5. The van der Waals surface area contributed by atoms with Crippen LogP contribution in [-0.2, 0) is 22.4 Å². The highest BCUT2D eigenvalue weighted by atomic mass is 16.4. The first-order chi connectivity index (χ1) is 16.1. The summed E-state index contributed by atoms with van der Waals surface area (Å²) in [5, 5.41) is 15.9. The van der Waals surface area contributed by atoms with Crippen LogP contribution in [0.4, 0.5) is 5.82 Å². The Balaban J connectivity index is 1.20. The van der Waals surface area contributed by atoms with Crippen molar-refractivity contribution < 1.29 is 14.7 Å². The van der Waals surface area contributed by atoms with Gasteiger partial charge in [0.15, 0.2) is 0 Å². The molecule has 4 rings (SSSR count). The largest absolute Gasteiger partial charge is 0.480 e. The predicted octanol–water partition coefficient (Wildman–Crippen LogP) is 3.77. The lowest BCUT2D eigenvalue weighted by Gasteiger charge is -2.26. The molecule has 2 fully saturated rings. The number of hydrogen-bond acceptors (Lipinski definition) is 5. The Morgan fingerprint density at radius 3 is 2.67 bits per heavy atom. The number of unbranched alkanes of at least 4 members (excludes halogenated alkanes) is 1. The number of amides is 1. The smallest absolute Gasteiger partial charge is 0.326 e. The highest BCUT2D eigenvalue weighted by molar-refractivity contribution is 5.85. The second-order valence-electron chi connectivity index (χ2n) is 10.1. The number of carbonyl (C=O) groups excluding carboxylic acids is 1. The van der Waals surface area contributed by atoms with Gasteiger partial charge in [0, 0.05) is 30.7 Å². The summed E-state index contributed by atoms with van der Waals surface area (Å²) in [6, 6.07) is 4.18. The van der Waals surface area contributed by atoms with Crippen LogP contribution in [-0.4, -0.2) is 58.6 Å². The molecular formula is C26H40N4O3. The first-order valence-electron chi connectivity index (χ1n) is 13.1. The minimum absolute atomic E-state index is 0.00691. The average molecular weight is 457 g/mol. The zero-order valence-corrected chi connectivity index (χ0v) is 19.9. The van der Waals surface area contributed by atoms with Crippen molar-refractivity contribution in [3.63, 3.8) is 0 Å². The molecule has 1 aliphatic heterocycles. The van der Waals surface area contributed by atoms with Crippen LogP contribution in [0.15, 0.2) is 12.1 Å². The van der Waals surface area contributed by atoms with Crippen molar-refractivity contribution in [2.24, 2.45) is 5.92 Å². The molecule has 0 spiro atoms. The highest BCUT2D eigenvalue weighted by Crippen LogP contribution is 2.28. The van der Waals surface area contributed by atoms with Crippen molar-refractivity contribution in [3.05, 3.63) is 23.4 Å². The van der Waals surface area contributed by atoms with Gasteiger partial charge in [-0.1, -0.05) is 25.3 Å². The monoisotopic (exact) mass is 456 g/mol. The minimum Gasteiger partial charge on any atom is -0.480 e. The number of carboxylic acids is 1. The zero-order valence-electron chi connectivity index (χ0n) is 19.9. The lowest BCUT2D eigenvalue weighted by Crippen LogP contribution is -2.46. The Kier molecular flexibility index (Phi) is 8.59. The summed E-state index contributed by atoms with van der Waals surface area (Å²) >= 11 is 0. The molecule has 7 heteroatoms. The van der Waals surface area contributed by atoms with Gasteiger partial charge < -0.3 is 20.6 Å². The number of nitrogens with zero attached hydrogens (tertiary/aromatic N) is 2.